The third-order valence-corrected chi connectivity index (χ3v) is 4.62. The maximum absolute atomic E-state index is 10.5. The molecule has 1 aromatic rings. The van der Waals surface area contributed by atoms with E-state index < -0.39 is 6.10 Å². The van der Waals surface area contributed by atoms with Crippen LogP contribution in [0.5, 0.6) is 0 Å². The first kappa shape index (κ1) is 10.7. The van der Waals surface area contributed by atoms with Crippen LogP contribution in [0.15, 0.2) is 10.9 Å². The van der Waals surface area contributed by atoms with Crippen molar-refractivity contribution in [3.8, 4) is 0 Å². The molecular weight excluding hydrogens is 224 g/mol. The van der Waals surface area contributed by atoms with Crippen molar-refractivity contribution >= 4 is 11.3 Å². The van der Waals surface area contributed by atoms with E-state index in [0.717, 1.165) is 25.0 Å². The Morgan fingerprint density at radius 3 is 3.06 bits per heavy atom. The molecule has 0 amide bonds. The van der Waals surface area contributed by atoms with Crippen LogP contribution in [-0.4, -0.2) is 28.8 Å². The summed E-state index contributed by atoms with van der Waals surface area (Å²) in [6, 6.07) is 0. The minimum atomic E-state index is -0.584. The third-order valence-electron chi connectivity index (χ3n) is 4.01. The van der Waals surface area contributed by atoms with Crippen LogP contribution in [0.2, 0.25) is 0 Å². The van der Waals surface area contributed by atoms with Crippen LogP contribution in [0.4, 0.5) is 0 Å². The number of aliphatic hydroxyl groups is 1. The SMILES string of the molecule is NCC1(C(O)c2cscn2)CC2CCC1O2. The van der Waals surface area contributed by atoms with Crippen molar-refractivity contribution < 1.29 is 9.84 Å². The van der Waals surface area contributed by atoms with Crippen molar-refractivity contribution in [2.24, 2.45) is 11.1 Å². The standard InChI is InChI=1S/C11H16N2O2S/c12-5-11(3-7-1-2-9(11)15-7)10(14)8-4-16-6-13-8/h4,6-7,9-10,14H,1-3,5,12H2. The number of aromatic nitrogens is 1. The van der Waals surface area contributed by atoms with Gasteiger partial charge in [-0.3, -0.25) is 0 Å². The fourth-order valence-electron chi connectivity index (χ4n) is 3.10. The van der Waals surface area contributed by atoms with E-state index in [4.69, 9.17) is 10.5 Å². The van der Waals surface area contributed by atoms with Crippen molar-refractivity contribution in [3.05, 3.63) is 16.6 Å². The predicted molar refractivity (Wildman–Crippen MR) is 61.1 cm³/mol. The lowest BCUT2D eigenvalue weighted by Gasteiger charge is -2.37. The first-order valence-corrected chi connectivity index (χ1v) is 6.62. The molecule has 0 spiro atoms. The number of hydrogen-bond acceptors (Lipinski definition) is 5. The van der Waals surface area contributed by atoms with Gasteiger partial charge < -0.3 is 15.6 Å². The summed E-state index contributed by atoms with van der Waals surface area (Å²) in [6.45, 7) is 0.465. The molecule has 0 radical (unpaired) electrons. The molecular formula is C11H16N2O2S. The van der Waals surface area contributed by atoms with Crippen LogP contribution in [0, 0.1) is 5.41 Å². The lowest BCUT2D eigenvalue weighted by molar-refractivity contribution is -0.0282. The van der Waals surface area contributed by atoms with Gasteiger partial charge in [0.2, 0.25) is 0 Å². The molecule has 3 heterocycles. The van der Waals surface area contributed by atoms with Gasteiger partial charge in [0.25, 0.3) is 0 Å². The van der Waals surface area contributed by atoms with E-state index in [-0.39, 0.29) is 11.5 Å². The van der Waals surface area contributed by atoms with Crippen LogP contribution in [0.3, 0.4) is 0 Å². The second-order valence-electron chi connectivity index (χ2n) is 4.78. The van der Waals surface area contributed by atoms with E-state index in [2.05, 4.69) is 4.98 Å². The van der Waals surface area contributed by atoms with Crippen molar-refractivity contribution in [1.82, 2.24) is 4.98 Å². The predicted octanol–water partition coefficient (Wildman–Crippen LogP) is 1.07. The highest BCUT2D eigenvalue weighted by Crippen LogP contribution is 2.53. The number of rotatable bonds is 3. The largest absolute Gasteiger partial charge is 0.386 e. The summed E-state index contributed by atoms with van der Waals surface area (Å²) in [5, 5.41) is 12.4. The maximum atomic E-state index is 10.5. The molecule has 2 aliphatic heterocycles. The van der Waals surface area contributed by atoms with Crippen molar-refractivity contribution in [2.45, 2.75) is 37.6 Å². The zero-order chi connectivity index (χ0) is 11.2. The second-order valence-corrected chi connectivity index (χ2v) is 5.50. The maximum Gasteiger partial charge on any atom is 0.106 e. The van der Waals surface area contributed by atoms with Gasteiger partial charge in [-0.15, -0.1) is 11.3 Å². The highest BCUT2D eigenvalue weighted by molar-refractivity contribution is 7.07. The van der Waals surface area contributed by atoms with Crippen molar-refractivity contribution in [3.63, 3.8) is 0 Å². The van der Waals surface area contributed by atoms with Crippen molar-refractivity contribution in [1.29, 1.82) is 0 Å². The van der Waals surface area contributed by atoms with E-state index >= 15 is 0 Å². The minimum Gasteiger partial charge on any atom is -0.386 e. The second kappa shape index (κ2) is 3.77. The van der Waals surface area contributed by atoms with Crippen LogP contribution in [0.1, 0.15) is 31.1 Å². The molecule has 3 rings (SSSR count). The van der Waals surface area contributed by atoms with Gasteiger partial charge in [0, 0.05) is 17.3 Å². The van der Waals surface area contributed by atoms with E-state index in [9.17, 15) is 5.11 Å². The number of nitrogens with zero attached hydrogens (tertiary/aromatic N) is 1. The van der Waals surface area contributed by atoms with Crippen molar-refractivity contribution in [2.75, 3.05) is 6.54 Å². The summed E-state index contributed by atoms with van der Waals surface area (Å²) in [6.07, 6.45) is 2.81. The Kier molecular flexibility index (Phi) is 2.51. The van der Waals surface area contributed by atoms with Gasteiger partial charge >= 0.3 is 0 Å². The van der Waals surface area contributed by atoms with Crippen LogP contribution < -0.4 is 5.73 Å². The molecule has 88 valence electrons. The summed E-state index contributed by atoms with van der Waals surface area (Å²) in [5.41, 5.74) is 8.08. The number of hydrogen-bond donors (Lipinski definition) is 2. The summed E-state index contributed by atoms with van der Waals surface area (Å²) in [7, 11) is 0. The molecule has 2 bridgehead atoms. The zero-order valence-electron chi connectivity index (χ0n) is 9.00. The minimum absolute atomic E-state index is 0.110. The Balaban J connectivity index is 1.91. The molecule has 3 N–H and O–H groups in total. The smallest absolute Gasteiger partial charge is 0.106 e. The van der Waals surface area contributed by atoms with E-state index in [0.29, 0.717) is 12.6 Å². The fraction of sp³-hybridized carbons (Fsp3) is 0.727. The van der Waals surface area contributed by atoms with Crippen LogP contribution in [-0.2, 0) is 4.74 Å². The molecule has 4 unspecified atom stereocenters. The number of fused-ring (bicyclic) bond motifs is 2. The Hall–Kier alpha value is -0.490. The molecule has 4 nitrogen and oxygen atoms in total. The zero-order valence-corrected chi connectivity index (χ0v) is 9.82. The number of nitrogens with two attached hydrogens (primary N) is 1. The normalized spacial score (nSPS) is 39.1. The quantitative estimate of drug-likeness (QED) is 0.829. The van der Waals surface area contributed by atoms with E-state index in [1.54, 1.807) is 5.51 Å². The van der Waals surface area contributed by atoms with E-state index in [1.165, 1.54) is 11.3 Å². The van der Waals surface area contributed by atoms with Gasteiger partial charge in [-0.2, -0.15) is 0 Å². The molecule has 2 saturated heterocycles. The summed E-state index contributed by atoms with van der Waals surface area (Å²) in [4.78, 5) is 4.19. The van der Waals surface area contributed by atoms with Gasteiger partial charge in [0.15, 0.2) is 0 Å². The average molecular weight is 240 g/mol. The summed E-state index contributed by atoms with van der Waals surface area (Å²) < 4.78 is 5.83. The summed E-state index contributed by atoms with van der Waals surface area (Å²) >= 11 is 1.50. The number of thiazole rings is 1. The Morgan fingerprint density at radius 1 is 1.69 bits per heavy atom. The molecule has 4 atom stereocenters. The van der Waals surface area contributed by atoms with Crippen LogP contribution >= 0.6 is 11.3 Å². The number of aliphatic hydroxyl groups excluding tert-OH is 1. The summed E-state index contributed by atoms with van der Waals surface area (Å²) in [5.74, 6) is 0. The Labute approximate surface area is 98.4 Å². The Bertz CT molecular complexity index is 370. The molecule has 2 fully saturated rings. The molecule has 1 aromatic heterocycles. The number of ether oxygens (including phenoxy) is 1. The molecule has 5 heteroatoms. The highest BCUT2D eigenvalue weighted by atomic mass is 32.1. The first-order chi connectivity index (χ1) is 7.76. The van der Waals surface area contributed by atoms with Gasteiger partial charge in [-0.05, 0) is 19.3 Å². The molecule has 0 aliphatic carbocycles. The first-order valence-electron chi connectivity index (χ1n) is 5.68. The van der Waals surface area contributed by atoms with Gasteiger partial charge in [-0.1, -0.05) is 0 Å². The van der Waals surface area contributed by atoms with Gasteiger partial charge in [0.1, 0.15) is 6.10 Å². The molecule has 2 aliphatic rings. The topological polar surface area (TPSA) is 68.4 Å². The Morgan fingerprint density at radius 2 is 2.56 bits per heavy atom. The molecule has 16 heavy (non-hydrogen) atoms. The van der Waals surface area contributed by atoms with Gasteiger partial charge in [0.05, 0.1) is 23.4 Å². The third kappa shape index (κ3) is 1.35. The van der Waals surface area contributed by atoms with E-state index in [1.807, 2.05) is 5.38 Å². The fourth-order valence-corrected chi connectivity index (χ4v) is 3.67. The monoisotopic (exact) mass is 240 g/mol. The molecule has 0 aromatic carbocycles. The lowest BCUT2D eigenvalue weighted by atomic mass is 9.69. The van der Waals surface area contributed by atoms with Crippen LogP contribution in [0.25, 0.3) is 0 Å². The molecule has 0 saturated carbocycles. The highest BCUT2D eigenvalue weighted by Gasteiger charge is 2.56. The average Bonchev–Trinajstić information content (AvgIpc) is 3.03. The lowest BCUT2D eigenvalue weighted by Crippen LogP contribution is -2.44. The van der Waals surface area contributed by atoms with Gasteiger partial charge in [-0.25, -0.2) is 4.98 Å².